The predicted molar refractivity (Wildman–Crippen MR) is 99.6 cm³/mol. The minimum atomic E-state index is -0.900. The van der Waals surface area contributed by atoms with Gasteiger partial charge in [-0.3, -0.25) is 0 Å². The standard InChI is InChI=1S/C19H31N3O2/c1-5-21(14-19(3,4)24)18(23)20-16-6-8-17(9-7-16)22-12-10-15(2)11-13-22/h6-9,15,24H,5,10-14H2,1-4H3,(H,20,23). The monoisotopic (exact) mass is 333 g/mol. The highest BCUT2D eigenvalue weighted by atomic mass is 16.3. The van der Waals surface area contributed by atoms with Crippen molar-refractivity contribution < 1.29 is 9.90 Å². The van der Waals surface area contributed by atoms with Gasteiger partial charge in [-0.2, -0.15) is 0 Å². The van der Waals surface area contributed by atoms with Gasteiger partial charge in [0.15, 0.2) is 0 Å². The Morgan fingerprint density at radius 2 is 1.88 bits per heavy atom. The van der Waals surface area contributed by atoms with Gasteiger partial charge in [0.2, 0.25) is 0 Å². The van der Waals surface area contributed by atoms with Crippen molar-refractivity contribution in [1.82, 2.24) is 4.90 Å². The highest BCUT2D eigenvalue weighted by Gasteiger charge is 2.21. The van der Waals surface area contributed by atoms with E-state index in [1.165, 1.54) is 18.5 Å². The number of piperidine rings is 1. The summed E-state index contributed by atoms with van der Waals surface area (Å²) in [6, 6.07) is 7.85. The first-order valence-electron chi connectivity index (χ1n) is 8.92. The third-order valence-corrected chi connectivity index (χ3v) is 4.51. The predicted octanol–water partition coefficient (Wildman–Crippen LogP) is 3.55. The van der Waals surface area contributed by atoms with Crippen LogP contribution in [0.1, 0.15) is 40.5 Å². The van der Waals surface area contributed by atoms with Crippen LogP contribution in [0.4, 0.5) is 16.2 Å². The van der Waals surface area contributed by atoms with E-state index in [1.807, 2.05) is 19.1 Å². The zero-order valence-electron chi connectivity index (χ0n) is 15.4. The Balaban J connectivity index is 1.94. The number of carbonyl (C=O) groups excluding carboxylic acids is 1. The number of aliphatic hydroxyl groups is 1. The topological polar surface area (TPSA) is 55.8 Å². The lowest BCUT2D eigenvalue weighted by molar-refractivity contribution is 0.0501. The van der Waals surface area contributed by atoms with Crippen LogP contribution < -0.4 is 10.2 Å². The van der Waals surface area contributed by atoms with Gasteiger partial charge in [-0.25, -0.2) is 4.79 Å². The summed E-state index contributed by atoms with van der Waals surface area (Å²) < 4.78 is 0. The number of benzene rings is 1. The molecule has 24 heavy (non-hydrogen) atoms. The molecule has 1 aliphatic rings. The smallest absolute Gasteiger partial charge is 0.321 e. The third-order valence-electron chi connectivity index (χ3n) is 4.51. The number of carbonyl (C=O) groups is 1. The van der Waals surface area contributed by atoms with Crippen molar-refractivity contribution in [3.63, 3.8) is 0 Å². The van der Waals surface area contributed by atoms with Crippen molar-refractivity contribution in [2.24, 2.45) is 5.92 Å². The molecule has 5 heteroatoms. The molecule has 0 unspecified atom stereocenters. The SMILES string of the molecule is CCN(CC(C)(C)O)C(=O)Nc1ccc(N2CCC(C)CC2)cc1. The summed E-state index contributed by atoms with van der Waals surface area (Å²) in [5.74, 6) is 0.815. The van der Waals surface area contributed by atoms with Crippen molar-refractivity contribution >= 4 is 17.4 Å². The fourth-order valence-corrected chi connectivity index (χ4v) is 3.02. The second-order valence-electron chi connectivity index (χ2n) is 7.47. The van der Waals surface area contributed by atoms with Crippen LogP contribution in [0, 0.1) is 5.92 Å². The van der Waals surface area contributed by atoms with Crippen LogP contribution >= 0.6 is 0 Å². The average molecular weight is 333 g/mol. The second-order valence-corrected chi connectivity index (χ2v) is 7.47. The Kier molecular flexibility index (Phi) is 6.10. The van der Waals surface area contributed by atoms with Gasteiger partial charge >= 0.3 is 6.03 Å². The summed E-state index contributed by atoms with van der Waals surface area (Å²) in [7, 11) is 0. The van der Waals surface area contributed by atoms with Gasteiger partial charge in [-0.05, 0) is 63.8 Å². The van der Waals surface area contributed by atoms with E-state index in [0.717, 1.165) is 24.7 Å². The van der Waals surface area contributed by atoms with Crippen LogP contribution in [0.2, 0.25) is 0 Å². The van der Waals surface area contributed by atoms with Crippen LogP contribution in [0.5, 0.6) is 0 Å². The van der Waals surface area contributed by atoms with E-state index in [9.17, 15) is 9.90 Å². The minimum Gasteiger partial charge on any atom is -0.389 e. The van der Waals surface area contributed by atoms with Gasteiger partial charge in [0, 0.05) is 31.0 Å². The van der Waals surface area contributed by atoms with Crippen molar-refractivity contribution in [1.29, 1.82) is 0 Å². The Hall–Kier alpha value is -1.75. The van der Waals surface area contributed by atoms with Crippen molar-refractivity contribution in [2.75, 3.05) is 36.4 Å². The van der Waals surface area contributed by atoms with Crippen LogP contribution in [-0.4, -0.2) is 47.8 Å². The zero-order chi connectivity index (χ0) is 17.7. The molecule has 2 N–H and O–H groups in total. The first-order chi connectivity index (χ1) is 11.3. The Bertz CT molecular complexity index is 529. The van der Waals surface area contributed by atoms with Gasteiger partial charge in [-0.1, -0.05) is 6.92 Å². The largest absolute Gasteiger partial charge is 0.389 e. The van der Waals surface area contributed by atoms with Gasteiger partial charge in [0.1, 0.15) is 0 Å². The molecule has 2 amide bonds. The fourth-order valence-electron chi connectivity index (χ4n) is 3.02. The summed E-state index contributed by atoms with van der Waals surface area (Å²) in [6.45, 7) is 10.7. The molecule has 5 nitrogen and oxygen atoms in total. The maximum absolute atomic E-state index is 12.3. The van der Waals surface area contributed by atoms with E-state index in [0.29, 0.717) is 13.1 Å². The molecule has 0 spiro atoms. The van der Waals surface area contributed by atoms with E-state index in [-0.39, 0.29) is 6.03 Å². The number of amides is 2. The van der Waals surface area contributed by atoms with E-state index in [1.54, 1.807) is 18.7 Å². The van der Waals surface area contributed by atoms with Crippen molar-refractivity contribution in [2.45, 2.75) is 46.1 Å². The minimum absolute atomic E-state index is 0.181. The fraction of sp³-hybridized carbons (Fsp3) is 0.632. The highest BCUT2D eigenvalue weighted by Crippen LogP contribution is 2.24. The normalized spacial score (nSPS) is 16.1. The van der Waals surface area contributed by atoms with Gasteiger partial charge in [0.25, 0.3) is 0 Å². The summed E-state index contributed by atoms with van der Waals surface area (Å²) in [5, 5.41) is 12.8. The molecular formula is C19H31N3O2. The molecule has 0 saturated carbocycles. The Morgan fingerprint density at radius 1 is 1.29 bits per heavy atom. The molecule has 1 aromatic carbocycles. The second kappa shape index (κ2) is 7.88. The number of hydrogen-bond donors (Lipinski definition) is 2. The third kappa shape index (κ3) is 5.41. The molecule has 1 heterocycles. The zero-order valence-corrected chi connectivity index (χ0v) is 15.4. The van der Waals surface area contributed by atoms with E-state index in [4.69, 9.17) is 0 Å². The molecule has 1 aliphatic heterocycles. The molecule has 0 radical (unpaired) electrons. The van der Waals surface area contributed by atoms with E-state index in [2.05, 4.69) is 29.3 Å². The van der Waals surface area contributed by atoms with Crippen LogP contribution in [-0.2, 0) is 0 Å². The highest BCUT2D eigenvalue weighted by molar-refractivity contribution is 5.89. The molecule has 1 saturated heterocycles. The number of anilines is 2. The lowest BCUT2D eigenvalue weighted by Crippen LogP contribution is -2.44. The van der Waals surface area contributed by atoms with Crippen LogP contribution in [0.25, 0.3) is 0 Å². The molecule has 0 bridgehead atoms. The summed E-state index contributed by atoms with van der Waals surface area (Å²) in [6.07, 6.45) is 2.47. The number of urea groups is 1. The summed E-state index contributed by atoms with van der Waals surface area (Å²) in [5.41, 5.74) is 1.09. The Morgan fingerprint density at radius 3 is 2.38 bits per heavy atom. The lowest BCUT2D eigenvalue weighted by atomic mass is 9.99. The number of rotatable bonds is 5. The quantitative estimate of drug-likeness (QED) is 0.866. The van der Waals surface area contributed by atoms with Crippen LogP contribution in [0.3, 0.4) is 0 Å². The molecular weight excluding hydrogens is 302 g/mol. The van der Waals surface area contributed by atoms with Crippen molar-refractivity contribution in [3.05, 3.63) is 24.3 Å². The van der Waals surface area contributed by atoms with Crippen LogP contribution in [0.15, 0.2) is 24.3 Å². The number of likely N-dealkylation sites (N-methyl/N-ethyl adjacent to an activating group) is 1. The first kappa shape index (κ1) is 18.6. The average Bonchev–Trinajstić information content (AvgIpc) is 2.53. The van der Waals surface area contributed by atoms with Crippen molar-refractivity contribution in [3.8, 4) is 0 Å². The lowest BCUT2D eigenvalue weighted by Gasteiger charge is -2.32. The number of nitrogens with one attached hydrogen (secondary N) is 1. The maximum Gasteiger partial charge on any atom is 0.321 e. The van der Waals surface area contributed by atoms with E-state index >= 15 is 0 Å². The molecule has 0 atom stereocenters. The van der Waals surface area contributed by atoms with Gasteiger partial charge < -0.3 is 20.2 Å². The molecule has 2 rings (SSSR count). The number of nitrogens with zero attached hydrogens (tertiary/aromatic N) is 2. The van der Waals surface area contributed by atoms with Gasteiger partial charge in [-0.15, -0.1) is 0 Å². The molecule has 1 fully saturated rings. The summed E-state index contributed by atoms with van der Waals surface area (Å²) in [4.78, 5) is 16.3. The maximum atomic E-state index is 12.3. The Labute approximate surface area is 145 Å². The first-order valence-corrected chi connectivity index (χ1v) is 8.92. The van der Waals surface area contributed by atoms with E-state index < -0.39 is 5.60 Å². The number of hydrogen-bond acceptors (Lipinski definition) is 3. The molecule has 0 aliphatic carbocycles. The molecule has 0 aromatic heterocycles. The molecule has 134 valence electrons. The van der Waals surface area contributed by atoms with Gasteiger partial charge in [0.05, 0.1) is 12.1 Å². The molecule has 1 aromatic rings. The summed E-state index contributed by atoms with van der Waals surface area (Å²) >= 11 is 0.